The Kier molecular flexibility index (Phi) is 9.69. The number of aliphatic hydroxyl groups is 1. The molecular weight excluding hydrogens is 426 g/mol. The van der Waals surface area contributed by atoms with E-state index >= 15 is 0 Å². The number of aliphatic hydroxyl groups excluding tert-OH is 1. The molecule has 0 saturated carbocycles. The second-order valence-electron chi connectivity index (χ2n) is 10.4. The van der Waals surface area contributed by atoms with E-state index in [0.29, 0.717) is 18.9 Å². The molecule has 2 atom stereocenters. The lowest BCUT2D eigenvalue weighted by Gasteiger charge is -2.31. The van der Waals surface area contributed by atoms with E-state index < -0.39 is 12.1 Å². The Labute approximate surface area is 204 Å². The minimum absolute atomic E-state index is 0.0537. The summed E-state index contributed by atoms with van der Waals surface area (Å²) in [5.41, 5.74) is 5.20. The third-order valence-electron chi connectivity index (χ3n) is 6.87. The van der Waals surface area contributed by atoms with Gasteiger partial charge in [-0.1, -0.05) is 48.5 Å². The zero-order valence-electron chi connectivity index (χ0n) is 20.9. The Morgan fingerprint density at radius 1 is 1.09 bits per heavy atom. The van der Waals surface area contributed by atoms with Gasteiger partial charge in [-0.15, -0.1) is 0 Å². The molecule has 0 bridgehead atoms. The molecule has 5 heteroatoms. The number of carboxylic acid groups (broad SMARTS) is 1. The Morgan fingerprint density at radius 2 is 1.74 bits per heavy atom. The first-order valence-corrected chi connectivity index (χ1v) is 12.6. The summed E-state index contributed by atoms with van der Waals surface area (Å²) < 4.78 is 6.03. The molecule has 0 amide bonds. The molecule has 0 unspecified atom stereocenters. The van der Waals surface area contributed by atoms with Gasteiger partial charge < -0.3 is 20.3 Å². The Bertz CT molecular complexity index is 901. The van der Waals surface area contributed by atoms with E-state index in [2.05, 4.69) is 55.6 Å². The first kappa shape index (κ1) is 26.4. The fraction of sp³-hybridized carbons (Fsp3) is 0.552. The normalized spacial score (nSPS) is 15.8. The molecule has 186 valence electrons. The lowest BCUT2D eigenvalue weighted by Crippen LogP contribution is -2.45. The minimum atomic E-state index is -0.746. The van der Waals surface area contributed by atoms with Crippen LogP contribution in [0.3, 0.4) is 0 Å². The van der Waals surface area contributed by atoms with Crippen molar-refractivity contribution < 1.29 is 19.7 Å². The van der Waals surface area contributed by atoms with E-state index in [9.17, 15) is 9.90 Å². The molecule has 2 aromatic carbocycles. The van der Waals surface area contributed by atoms with Crippen LogP contribution in [0.15, 0.2) is 48.5 Å². The first-order chi connectivity index (χ1) is 16.2. The van der Waals surface area contributed by atoms with E-state index in [4.69, 9.17) is 9.84 Å². The summed E-state index contributed by atoms with van der Waals surface area (Å²) >= 11 is 0. The molecule has 0 aliphatic heterocycles. The highest BCUT2D eigenvalue weighted by molar-refractivity contribution is 5.66. The van der Waals surface area contributed by atoms with Gasteiger partial charge in [0.2, 0.25) is 0 Å². The average Bonchev–Trinajstić information content (AvgIpc) is 3.20. The summed E-state index contributed by atoms with van der Waals surface area (Å²) in [7, 11) is 0. The minimum Gasteiger partial charge on any atom is -0.481 e. The van der Waals surface area contributed by atoms with Gasteiger partial charge in [0.25, 0.3) is 0 Å². The smallest absolute Gasteiger partial charge is 0.303 e. The predicted octanol–water partition coefficient (Wildman–Crippen LogP) is 5.10. The van der Waals surface area contributed by atoms with Crippen LogP contribution in [0.5, 0.6) is 0 Å². The molecule has 0 radical (unpaired) electrons. The topological polar surface area (TPSA) is 78.8 Å². The summed E-state index contributed by atoms with van der Waals surface area (Å²) in [6.45, 7) is 7.21. The number of aliphatic carboxylic acids is 1. The molecule has 2 aromatic rings. The second kappa shape index (κ2) is 12.5. The standard InChI is InChI=1S/C29H41NO4/c1-21(27-14-8-6-10-23(27)11-7-9-15-28(32)33)34-20-26(31)19-30-29(2,3)18-22-16-24-12-4-5-13-25(24)17-22/h4-6,8,10,12-14,21-22,26,30-31H,7,9,11,15-20H2,1-3H3,(H,32,33)/t21-,26+/m1/s1. The third-order valence-corrected chi connectivity index (χ3v) is 6.87. The summed E-state index contributed by atoms with van der Waals surface area (Å²) in [5.74, 6) is -0.107. The number of carbonyl (C=O) groups is 1. The monoisotopic (exact) mass is 467 g/mol. The van der Waals surface area contributed by atoms with Crippen molar-refractivity contribution in [3.05, 3.63) is 70.8 Å². The maximum Gasteiger partial charge on any atom is 0.303 e. The van der Waals surface area contributed by atoms with Gasteiger partial charge in [-0.3, -0.25) is 4.79 Å². The van der Waals surface area contributed by atoms with Gasteiger partial charge in [0.1, 0.15) is 0 Å². The highest BCUT2D eigenvalue weighted by Crippen LogP contribution is 2.32. The van der Waals surface area contributed by atoms with Crippen molar-refractivity contribution in [3.63, 3.8) is 0 Å². The second-order valence-corrected chi connectivity index (χ2v) is 10.4. The SMILES string of the molecule is C[C@@H](OC[C@@H](O)CNC(C)(C)CC1Cc2ccccc2C1)c1ccccc1CCCCC(=O)O. The van der Waals surface area contributed by atoms with Crippen LogP contribution in [-0.2, 0) is 28.8 Å². The molecule has 3 rings (SSSR count). The first-order valence-electron chi connectivity index (χ1n) is 12.6. The number of fused-ring (bicyclic) bond motifs is 1. The third kappa shape index (κ3) is 8.23. The fourth-order valence-corrected chi connectivity index (χ4v) is 5.14. The number of benzene rings is 2. The number of aryl methyl sites for hydroxylation is 1. The van der Waals surface area contributed by atoms with Crippen molar-refractivity contribution >= 4 is 5.97 Å². The number of β-amino-alcohol motifs (C(OH)–C–C–N with tert-alkyl or cyclic N) is 1. The van der Waals surface area contributed by atoms with Gasteiger partial charge in [0, 0.05) is 18.5 Å². The number of rotatable bonds is 14. The van der Waals surface area contributed by atoms with Crippen LogP contribution in [0.2, 0.25) is 0 Å². The number of nitrogens with one attached hydrogen (secondary N) is 1. The van der Waals surface area contributed by atoms with E-state index in [1.807, 2.05) is 19.1 Å². The number of hydrogen-bond donors (Lipinski definition) is 3. The quantitative estimate of drug-likeness (QED) is 0.337. The summed E-state index contributed by atoms with van der Waals surface area (Å²) in [4.78, 5) is 10.7. The molecule has 0 spiro atoms. The van der Waals surface area contributed by atoms with Crippen LogP contribution in [-0.4, -0.2) is 41.0 Å². The van der Waals surface area contributed by atoms with Crippen LogP contribution in [0, 0.1) is 5.92 Å². The van der Waals surface area contributed by atoms with Crippen molar-refractivity contribution in [2.75, 3.05) is 13.2 Å². The molecule has 3 N–H and O–H groups in total. The van der Waals surface area contributed by atoms with Crippen molar-refractivity contribution in [1.82, 2.24) is 5.32 Å². The van der Waals surface area contributed by atoms with Crippen LogP contribution in [0.4, 0.5) is 0 Å². The Hall–Kier alpha value is -2.21. The number of unbranched alkanes of at least 4 members (excludes halogenated alkanes) is 1. The Morgan fingerprint density at radius 3 is 2.41 bits per heavy atom. The van der Waals surface area contributed by atoms with Gasteiger partial charge >= 0.3 is 5.97 Å². The zero-order chi connectivity index (χ0) is 24.6. The van der Waals surface area contributed by atoms with Crippen molar-refractivity contribution in [2.45, 2.75) is 83.5 Å². The Balaban J connectivity index is 1.40. The maximum atomic E-state index is 10.7. The molecule has 0 fully saturated rings. The van der Waals surface area contributed by atoms with E-state index in [1.165, 1.54) is 16.7 Å². The van der Waals surface area contributed by atoms with Gasteiger partial charge in [-0.05, 0) is 87.5 Å². The summed E-state index contributed by atoms with van der Waals surface area (Å²) in [6, 6.07) is 16.9. The number of ether oxygens (including phenoxy) is 1. The highest BCUT2D eigenvalue weighted by Gasteiger charge is 2.28. The van der Waals surface area contributed by atoms with E-state index in [-0.39, 0.29) is 24.7 Å². The van der Waals surface area contributed by atoms with Crippen LogP contribution >= 0.6 is 0 Å². The molecule has 5 nitrogen and oxygen atoms in total. The molecule has 1 aliphatic carbocycles. The largest absolute Gasteiger partial charge is 0.481 e. The fourth-order valence-electron chi connectivity index (χ4n) is 5.14. The lowest BCUT2D eigenvalue weighted by atomic mass is 9.88. The molecule has 0 saturated heterocycles. The van der Waals surface area contributed by atoms with E-state index in [1.54, 1.807) is 0 Å². The van der Waals surface area contributed by atoms with Gasteiger partial charge in [-0.25, -0.2) is 0 Å². The summed E-state index contributed by atoms with van der Waals surface area (Å²) in [6.07, 6.45) is 5.19. The molecular formula is C29H41NO4. The number of carboxylic acids is 1. The lowest BCUT2D eigenvalue weighted by molar-refractivity contribution is -0.137. The van der Waals surface area contributed by atoms with Gasteiger partial charge in [0.15, 0.2) is 0 Å². The van der Waals surface area contributed by atoms with E-state index in [0.717, 1.165) is 37.7 Å². The van der Waals surface area contributed by atoms with Crippen LogP contribution in [0.1, 0.15) is 74.8 Å². The van der Waals surface area contributed by atoms with Crippen molar-refractivity contribution in [2.24, 2.45) is 5.92 Å². The number of hydrogen-bond acceptors (Lipinski definition) is 4. The van der Waals surface area contributed by atoms with Crippen molar-refractivity contribution in [3.8, 4) is 0 Å². The molecule has 34 heavy (non-hydrogen) atoms. The predicted molar refractivity (Wildman–Crippen MR) is 136 cm³/mol. The highest BCUT2D eigenvalue weighted by atomic mass is 16.5. The molecule has 1 aliphatic rings. The van der Waals surface area contributed by atoms with Gasteiger partial charge in [-0.2, -0.15) is 0 Å². The van der Waals surface area contributed by atoms with Crippen LogP contribution in [0.25, 0.3) is 0 Å². The zero-order valence-corrected chi connectivity index (χ0v) is 20.9. The average molecular weight is 468 g/mol. The van der Waals surface area contributed by atoms with Crippen molar-refractivity contribution in [1.29, 1.82) is 0 Å². The maximum absolute atomic E-state index is 10.7. The molecule has 0 heterocycles. The molecule has 0 aromatic heterocycles. The van der Waals surface area contributed by atoms with Gasteiger partial charge in [0.05, 0.1) is 18.8 Å². The summed E-state index contributed by atoms with van der Waals surface area (Å²) in [5, 5.41) is 22.9. The van der Waals surface area contributed by atoms with Crippen LogP contribution < -0.4 is 5.32 Å².